The molecule has 0 aliphatic heterocycles. The maximum absolute atomic E-state index is 11.3. The average Bonchev–Trinajstić information content (AvgIpc) is 2.36. The molecule has 1 N–H and O–H groups in total. The van der Waals surface area contributed by atoms with Crippen LogP contribution in [0.4, 0.5) is 10.5 Å². The van der Waals surface area contributed by atoms with Gasteiger partial charge in [0.25, 0.3) is 5.91 Å². The normalized spacial score (nSPS) is 10.7. The molecule has 7 heteroatoms. The van der Waals surface area contributed by atoms with Gasteiger partial charge in [0, 0.05) is 19.8 Å². The summed E-state index contributed by atoms with van der Waals surface area (Å²) in [7, 11) is 3.01. The fourth-order valence-corrected chi connectivity index (χ4v) is 1.17. The van der Waals surface area contributed by atoms with E-state index in [9.17, 15) is 9.59 Å². The van der Waals surface area contributed by atoms with E-state index in [0.717, 1.165) is 0 Å². The molecule has 0 atom stereocenters. The van der Waals surface area contributed by atoms with Gasteiger partial charge in [-0.3, -0.25) is 14.9 Å². The SMILES string of the molecule is CN(C)C(=O)/C(Cl)=N/OC(=O)Nc1ccccc1. The fraction of sp³-hybridized carbons (Fsp3) is 0.182. The zero-order valence-electron chi connectivity index (χ0n) is 9.88. The molecule has 1 aromatic rings. The molecule has 0 fully saturated rings. The number of halogens is 1. The highest BCUT2D eigenvalue weighted by Crippen LogP contribution is 2.05. The van der Waals surface area contributed by atoms with Crippen molar-refractivity contribution < 1.29 is 14.4 Å². The van der Waals surface area contributed by atoms with E-state index < -0.39 is 17.2 Å². The predicted molar refractivity (Wildman–Crippen MR) is 68.5 cm³/mol. The van der Waals surface area contributed by atoms with Gasteiger partial charge in [-0.05, 0) is 12.1 Å². The van der Waals surface area contributed by atoms with Crippen molar-refractivity contribution >= 4 is 34.5 Å². The van der Waals surface area contributed by atoms with Gasteiger partial charge < -0.3 is 4.90 Å². The van der Waals surface area contributed by atoms with Crippen LogP contribution in [0.5, 0.6) is 0 Å². The van der Waals surface area contributed by atoms with Crippen LogP contribution in [-0.4, -0.2) is 36.2 Å². The van der Waals surface area contributed by atoms with E-state index in [1.165, 1.54) is 19.0 Å². The number of hydrogen-bond donors (Lipinski definition) is 1. The Hall–Kier alpha value is -2.08. The van der Waals surface area contributed by atoms with Gasteiger partial charge in [-0.25, -0.2) is 4.79 Å². The van der Waals surface area contributed by atoms with Gasteiger partial charge in [-0.2, -0.15) is 0 Å². The number of nitrogens with zero attached hydrogens (tertiary/aromatic N) is 2. The molecule has 0 spiro atoms. The van der Waals surface area contributed by atoms with Crippen molar-refractivity contribution in [2.24, 2.45) is 5.16 Å². The molecule has 0 aromatic heterocycles. The smallest absolute Gasteiger partial charge is 0.343 e. The van der Waals surface area contributed by atoms with E-state index in [-0.39, 0.29) is 0 Å². The molecule has 18 heavy (non-hydrogen) atoms. The van der Waals surface area contributed by atoms with Gasteiger partial charge in [-0.1, -0.05) is 35.0 Å². The zero-order chi connectivity index (χ0) is 13.5. The Morgan fingerprint density at radius 1 is 1.28 bits per heavy atom. The minimum Gasteiger partial charge on any atom is -0.343 e. The molecule has 1 aromatic carbocycles. The molecule has 0 saturated carbocycles. The van der Waals surface area contributed by atoms with Crippen LogP contribution in [0.25, 0.3) is 0 Å². The lowest BCUT2D eigenvalue weighted by atomic mass is 10.3. The summed E-state index contributed by atoms with van der Waals surface area (Å²) < 4.78 is 0. The maximum Gasteiger partial charge on any atom is 0.437 e. The fourth-order valence-electron chi connectivity index (χ4n) is 0.967. The van der Waals surface area contributed by atoms with Crippen LogP contribution in [0.2, 0.25) is 0 Å². The van der Waals surface area contributed by atoms with E-state index in [1.54, 1.807) is 30.3 Å². The van der Waals surface area contributed by atoms with Crippen molar-refractivity contribution in [3.05, 3.63) is 30.3 Å². The Labute approximate surface area is 109 Å². The summed E-state index contributed by atoms with van der Waals surface area (Å²) in [5.41, 5.74) is 0.549. The summed E-state index contributed by atoms with van der Waals surface area (Å²) in [5.74, 6) is -0.552. The van der Waals surface area contributed by atoms with Crippen LogP contribution in [-0.2, 0) is 9.63 Å². The Morgan fingerprint density at radius 3 is 2.44 bits per heavy atom. The number of benzene rings is 1. The highest BCUT2D eigenvalue weighted by molar-refractivity contribution is 6.82. The molecule has 6 nitrogen and oxygen atoms in total. The summed E-state index contributed by atoms with van der Waals surface area (Å²) in [6.45, 7) is 0. The molecule has 0 bridgehead atoms. The van der Waals surface area contributed by atoms with Crippen molar-refractivity contribution in [1.29, 1.82) is 0 Å². The van der Waals surface area contributed by atoms with Gasteiger partial charge in [0.05, 0.1) is 0 Å². The lowest BCUT2D eigenvalue weighted by Crippen LogP contribution is -2.27. The standard InChI is InChI=1S/C11H12ClN3O3/c1-15(2)10(16)9(12)14-18-11(17)13-8-6-4-3-5-7-8/h3-7H,1-2H3,(H,13,17)/b14-9-. The summed E-state index contributed by atoms with van der Waals surface area (Å²) in [4.78, 5) is 28.2. The van der Waals surface area contributed by atoms with Crippen molar-refractivity contribution in [3.8, 4) is 0 Å². The van der Waals surface area contributed by atoms with Crippen LogP contribution in [0.1, 0.15) is 0 Å². The number of hydrogen-bond acceptors (Lipinski definition) is 4. The van der Waals surface area contributed by atoms with Crippen LogP contribution < -0.4 is 5.32 Å². The molecule has 0 heterocycles. The number of rotatable bonds is 3. The third kappa shape index (κ3) is 4.42. The lowest BCUT2D eigenvalue weighted by Gasteiger charge is -2.07. The van der Waals surface area contributed by atoms with Crippen molar-refractivity contribution in [3.63, 3.8) is 0 Å². The Balaban J connectivity index is 2.51. The number of para-hydroxylation sites is 1. The highest BCUT2D eigenvalue weighted by Gasteiger charge is 2.12. The number of oxime groups is 1. The largest absolute Gasteiger partial charge is 0.437 e. The second kappa shape index (κ2) is 6.61. The van der Waals surface area contributed by atoms with Gasteiger partial charge >= 0.3 is 6.09 Å². The third-order valence-corrected chi connectivity index (χ3v) is 2.04. The first kappa shape index (κ1) is 14.0. The zero-order valence-corrected chi connectivity index (χ0v) is 10.6. The van der Waals surface area contributed by atoms with E-state index in [4.69, 9.17) is 11.6 Å². The first-order chi connectivity index (χ1) is 8.50. The number of amides is 2. The van der Waals surface area contributed by atoms with E-state index in [1.807, 2.05) is 0 Å². The summed E-state index contributed by atoms with van der Waals surface area (Å²) in [6, 6.07) is 8.67. The van der Waals surface area contributed by atoms with Crippen LogP contribution in [0, 0.1) is 0 Å². The second-order valence-corrected chi connectivity index (χ2v) is 3.81. The molecule has 0 unspecified atom stereocenters. The van der Waals surface area contributed by atoms with E-state index in [0.29, 0.717) is 5.69 Å². The van der Waals surface area contributed by atoms with E-state index in [2.05, 4.69) is 15.3 Å². The Morgan fingerprint density at radius 2 is 1.89 bits per heavy atom. The molecule has 96 valence electrons. The van der Waals surface area contributed by atoms with Gasteiger partial charge in [0.1, 0.15) is 0 Å². The van der Waals surface area contributed by atoms with Gasteiger partial charge in [-0.15, -0.1) is 0 Å². The summed E-state index contributed by atoms with van der Waals surface area (Å²) in [5, 5.41) is 5.21. The molecule has 0 radical (unpaired) electrons. The molecule has 0 aliphatic carbocycles. The average molecular weight is 270 g/mol. The molecule has 0 saturated heterocycles. The van der Waals surface area contributed by atoms with Crippen LogP contribution >= 0.6 is 11.6 Å². The predicted octanol–water partition coefficient (Wildman–Crippen LogP) is 1.88. The molecular weight excluding hydrogens is 258 g/mol. The first-order valence-electron chi connectivity index (χ1n) is 4.99. The monoisotopic (exact) mass is 269 g/mol. The molecular formula is C11H12ClN3O3. The second-order valence-electron chi connectivity index (χ2n) is 3.45. The Kier molecular flexibility index (Phi) is 5.13. The van der Waals surface area contributed by atoms with Crippen LogP contribution in [0.15, 0.2) is 35.5 Å². The molecule has 2 amide bonds. The highest BCUT2D eigenvalue weighted by atomic mass is 35.5. The van der Waals surface area contributed by atoms with Gasteiger partial charge in [0.2, 0.25) is 5.17 Å². The summed E-state index contributed by atoms with van der Waals surface area (Å²) >= 11 is 5.53. The Bertz CT molecular complexity index is 460. The number of anilines is 1. The minimum absolute atomic E-state index is 0.428. The van der Waals surface area contributed by atoms with Gasteiger partial charge in [0.15, 0.2) is 0 Å². The number of carbonyl (C=O) groups excluding carboxylic acids is 2. The lowest BCUT2D eigenvalue weighted by molar-refractivity contribution is -0.121. The maximum atomic E-state index is 11.3. The van der Waals surface area contributed by atoms with Crippen LogP contribution in [0.3, 0.4) is 0 Å². The quantitative estimate of drug-likeness (QED) is 0.517. The van der Waals surface area contributed by atoms with Crippen molar-refractivity contribution in [1.82, 2.24) is 4.90 Å². The number of nitrogens with one attached hydrogen (secondary N) is 1. The summed E-state index contributed by atoms with van der Waals surface area (Å²) in [6.07, 6.45) is -0.828. The van der Waals surface area contributed by atoms with Crippen molar-refractivity contribution in [2.75, 3.05) is 19.4 Å². The third-order valence-electron chi connectivity index (χ3n) is 1.81. The molecule has 0 aliphatic rings. The number of carbonyl (C=O) groups is 2. The topological polar surface area (TPSA) is 71.0 Å². The molecule has 1 rings (SSSR count). The van der Waals surface area contributed by atoms with E-state index >= 15 is 0 Å². The minimum atomic E-state index is -0.828. The van der Waals surface area contributed by atoms with Crippen molar-refractivity contribution in [2.45, 2.75) is 0 Å². The first-order valence-corrected chi connectivity index (χ1v) is 5.36.